The molecule has 3 heterocycles. The molecule has 0 aromatic carbocycles. The van der Waals surface area contributed by atoms with Crippen molar-refractivity contribution in [2.75, 3.05) is 18.6 Å². The summed E-state index contributed by atoms with van der Waals surface area (Å²) in [4.78, 5) is 54.1. The SMILES string of the molecule is CS(=O)(=O)CCN1C(=O)C2C(c3nccs3)NC(CC(=O)O)(C(=O)O)C2C1=O. The molecule has 2 saturated heterocycles. The number of hydrogen-bond donors (Lipinski definition) is 3. The summed E-state index contributed by atoms with van der Waals surface area (Å²) in [6, 6.07) is -0.972. The van der Waals surface area contributed by atoms with Crippen molar-refractivity contribution in [3.8, 4) is 0 Å². The van der Waals surface area contributed by atoms with Crippen LogP contribution in [0.1, 0.15) is 17.5 Å². The fraction of sp³-hybridized carbons (Fsp3) is 0.533. The van der Waals surface area contributed by atoms with E-state index in [0.717, 1.165) is 22.5 Å². The lowest BCUT2D eigenvalue weighted by atomic mass is 9.78. The number of carbonyl (C=O) groups is 4. The summed E-state index contributed by atoms with van der Waals surface area (Å²) in [6.07, 6.45) is 1.46. The monoisotopic (exact) mass is 431 g/mol. The van der Waals surface area contributed by atoms with Crippen molar-refractivity contribution in [1.29, 1.82) is 0 Å². The number of fused-ring (bicyclic) bond motifs is 1. The van der Waals surface area contributed by atoms with Crippen molar-refractivity contribution in [1.82, 2.24) is 15.2 Å². The lowest BCUT2D eigenvalue weighted by Crippen LogP contribution is -2.57. The highest BCUT2D eigenvalue weighted by atomic mass is 32.2. The number of amides is 2. The first-order valence-electron chi connectivity index (χ1n) is 8.13. The Morgan fingerprint density at radius 2 is 2.00 bits per heavy atom. The highest BCUT2D eigenvalue weighted by Gasteiger charge is 2.69. The number of hydrogen-bond acceptors (Lipinski definition) is 9. The molecule has 1 aromatic heterocycles. The van der Waals surface area contributed by atoms with Crippen molar-refractivity contribution >= 4 is 44.9 Å². The molecule has 3 rings (SSSR count). The number of aromatic nitrogens is 1. The number of thiazole rings is 1. The summed E-state index contributed by atoms with van der Waals surface area (Å²) in [5, 5.41) is 23.7. The van der Waals surface area contributed by atoms with E-state index in [0.29, 0.717) is 5.01 Å². The molecule has 152 valence electrons. The summed E-state index contributed by atoms with van der Waals surface area (Å²) >= 11 is 1.13. The van der Waals surface area contributed by atoms with E-state index in [1.165, 1.54) is 6.20 Å². The number of aliphatic carboxylic acids is 2. The van der Waals surface area contributed by atoms with Gasteiger partial charge in [-0.15, -0.1) is 11.3 Å². The number of sulfone groups is 1. The van der Waals surface area contributed by atoms with Crippen LogP contribution in [0.3, 0.4) is 0 Å². The fourth-order valence-electron chi connectivity index (χ4n) is 3.81. The van der Waals surface area contributed by atoms with Gasteiger partial charge in [-0.05, 0) is 0 Å². The van der Waals surface area contributed by atoms with Crippen molar-refractivity contribution in [3.63, 3.8) is 0 Å². The van der Waals surface area contributed by atoms with Crippen LogP contribution >= 0.6 is 11.3 Å². The van der Waals surface area contributed by atoms with E-state index in [2.05, 4.69) is 10.3 Å². The molecular weight excluding hydrogens is 414 g/mol. The van der Waals surface area contributed by atoms with Gasteiger partial charge in [0, 0.05) is 24.4 Å². The van der Waals surface area contributed by atoms with E-state index >= 15 is 0 Å². The van der Waals surface area contributed by atoms with E-state index in [9.17, 15) is 37.8 Å². The van der Waals surface area contributed by atoms with Crippen LogP contribution in [0.5, 0.6) is 0 Å². The van der Waals surface area contributed by atoms with Crippen LogP contribution in [0.15, 0.2) is 11.6 Å². The highest BCUT2D eigenvalue weighted by Crippen LogP contribution is 2.50. The van der Waals surface area contributed by atoms with Crippen LogP contribution in [0, 0.1) is 11.8 Å². The Morgan fingerprint density at radius 1 is 1.32 bits per heavy atom. The van der Waals surface area contributed by atoms with Gasteiger partial charge in [-0.25, -0.2) is 13.4 Å². The highest BCUT2D eigenvalue weighted by molar-refractivity contribution is 7.90. The predicted octanol–water partition coefficient (Wildman–Crippen LogP) is -1.27. The first-order valence-corrected chi connectivity index (χ1v) is 11.1. The third-order valence-corrected chi connectivity index (χ3v) is 6.74. The van der Waals surface area contributed by atoms with Gasteiger partial charge < -0.3 is 10.2 Å². The quantitative estimate of drug-likeness (QED) is 0.442. The van der Waals surface area contributed by atoms with Crippen LogP contribution in [0.4, 0.5) is 0 Å². The number of likely N-dealkylation sites (tertiary alicyclic amines) is 1. The maximum Gasteiger partial charge on any atom is 0.325 e. The lowest BCUT2D eigenvalue weighted by Gasteiger charge is -2.29. The molecule has 0 bridgehead atoms. The number of imide groups is 1. The maximum atomic E-state index is 12.9. The van der Waals surface area contributed by atoms with Gasteiger partial charge in [0.25, 0.3) is 0 Å². The predicted molar refractivity (Wildman–Crippen MR) is 94.0 cm³/mol. The Morgan fingerprint density at radius 3 is 2.50 bits per heavy atom. The topological polar surface area (TPSA) is 171 Å². The lowest BCUT2D eigenvalue weighted by molar-refractivity contribution is -0.155. The molecule has 11 nitrogen and oxygen atoms in total. The molecule has 4 unspecified atom stereocenters. The van der Waals surface area contributed by atoms with Gasteiger partial charge in [0.05, 0.1) is 30.1 Å². The van der Waals surface area contributed by atoms with Crippen molar-refractivity contribution in [2.45, 2.75) is 18.0 Å². The summed E-state index contributed by atoms with van der Waals surface area (Å²) in [5.41, 5.74) is -2.21. The molecule has 1 aromatic rings. The second-order valence-electron chi connectivity index (χ2n) is 6.80. The van der Waals surface area contributed by atoms with E-state index in [1.54, 1.807) is 5.38 Å². The van der Waals surface area contributed by atoms with Crippen LogP contribution in [-0.4, -0.2) is 76.4 Å². The Balaban J connectivity index is 2.07. The summed E-state index contributed by atoms with van der Waals surface area (Å²) in [6.45, 7) is -0.420. The number of carboxylic acids is 2. The summed E-state index contributed by atoms with van der Waals surface area (Å²) in [5.74, 6) is -7.80. The molecular formula is C15H17N3O8S2. The molecule has 0 radical (unpaired) electrons. The molecule has 13 heteroatoms. The van der Waals surface area contributed by atoms with E-state index < -0.39 is 75.7 Å². The molecule has 2 aliphatic rings. The van der Waals surface area contributed by atoms with Crippen LogP contribution in [-0.2, 0) is 29.0 Å². The zero-order chi connectivity index (χ0) is 20.9. The van der Waals surface area contributed by atoms with Crippen molar-refractivity contribution in [3.05, 3.63) is 16.6 Å². The Hall–Kier alpha value is -2.38. The van der Waals surface area contributed by atoms with Gasteiger partial charge in [-0.2, -0.15) is 0 Å². The van der Waals surface area contributed by atoms with Gasteiger partial charge in [-0.1, -0.05) is 0 Å². The molecule has 4 atom stereocenters. The Labute approximate surface area is 163 Å². The minimum Gasteiger partial charge on any atom is -0.481 e. The Kier molecular flexibility index (Phi) is 5.02. The van der Waals surface area contributed by atoms with Gasteiger partial charge in [0.2, 0.25) is 11.8 Å². The summed E-state index contributed by atoms with van der Waals surface area (Å²) in [7, 11) is -3.49. The zero-order valence-corrected chi connectivity index (χ0v) is 16.2. The molecule has 3 N–H and O–H groups in total. The average molecular weight is 431 g/mol. The summed E-state index contributed by atoms with van der Waals surface area (Å²) < 4.78 is 22.9. The van der Waals surface area contributed by atoms with E-state index in [4.69, 9.17) is 0 Å². The molecule has 2 aliphatic heterocycles. The number of nitrogens with zero attached hydrogens (tertiary/aromatic N) is 2. The van der Waals surface area contributed by atoms with Crippen LogP contribution in [0.2, 0.25) is 0 Å². The smallest absolute Gasteiger partial charge is 0.325 e. The van der Waals surface area contributed by atoms with Crippen LogP contribution in [0.25, 0.3) is 0 Å². The van der Waals surface area contributed by atoms with Gasteiger partial charge >= 0.3 is 11.9 Å². The minimum absolute atomic E-state index is 0.342. The van der Waals surface area contributed by atoms with Gasteiger partial charge in [0.15, 0.2) is 0 Å². The maximum absolute atomic E-state index is 12.9. The van der Waals surface area contributed by atoms with Crippen molar-refractivity contribution in [2.24, 2.45) is 11.8 Å². The minimum atomic E-state index is -3.49. The first-order chi connectivity index (χ1) is 13.0. The second kappa shape index (κ2) is 6.90. The van der Waals surface area contributed by atoms with Gasteiger partial charge in [0.1, 0.15) is 20.4 Å². The standard InChI is InChI=1S/C15H17N3O8S2/c1-28(25,26)5-3-18-12(21)8-9(13(18)22)15(14(23)24,6-7(19)20)17-10(8)11-16-2-4-27-11/h2,4,8-10,17H,3,5-6H2,1H3,(H,19,20)(H,23,24). The number of carboxylic acid groups (broad SMARTS) is 2. The first kappa shape index (κ1) is 20.4. The van der Waals surface area contributed by atoms with Crippen molar-refractivity contribution < 1.29 is 37.8 Å². The van der Waals surface area contributed by atoms with E-state index in [1.807, 2.05) is 0 Å². The fourth-order valence-corrected chi connectivity index (χ4v) is 5.06. The average Bonchev–Trinajstić information content (AvgIpc) is 3.23. The zero-order valence-electron chi connectivity index (χ0n) is 14.6. The number of carbonyl (C=O) groups excluding carboxylic acids is 2. The molecule has 0 aliphatic carbocycles. The normalized spacial score (nSPS) is 29.9. The molecule has 2 fully saturated rings. The molecule has 28 heavy (non-hydrogen) atoms. The molecule has 2 amide bonds. The van der Waals surface area contributed by atoms with Gasteiger partial charge in [-0.3, -0.25) is 29.4 Å². The third kappa shape index (κ3) is 3.29. The largest absolute Gasteiger partial charge is 0.481 e. The second-order valence-corrected chi connectivity index (χ2v) is 9.99. The van der Waals surface area contributed by atoms with E-state index in [-0.39, 0.29) is 0 Å². The Bertz CT molecular complexity index is 944. The molecule has 0 saturated carbocycles. The number of rotatable bonds is 7. The molecule has 0 spiro atoms. The third-order valence-electron chi connectivity index (χ3n) is 4.96. The number of nitrogens with one attached hydrogen (secondary N) is 1. The van der Waals surface area contributed by atoms with Crippen LogP contribution < -0.4 is 5.32 Å².